The van der Waals surface area contributed by atoms with E-state index in [1.54, 1.807) is 26.8 Å². The molecule has 0 saturated carbocycles. The molecule has 0 unspecified atom stereocenters. The highest BCUT2D eigenvalue weighted by atomic mass is 19.1. The second-order valence-corrected chi connectivity index (χ2v) is 4.72. The van der Waals surface area contributed by atoms with Crippen LogP contribution in [0.2, 0.25) is 0 Å². The quantitative estimate of drug-likeness (QED) is 0.458. The van der Waals surface area contributed by atoms with Gasteiger partial charge in [-0.05, 0) is 44.5 Å². The average molecular weight is 247 g/mol. The summed E-state index contributed by atoms with van der Waals surface area (Å²) >= 11 is 0. The largest absolute Gasteiger partial charge is 0.456 e. The second kappa shape index (κ2) is 5.46. The first-order valence-electron chi connectivity index (χ1n) is 5.42. The fraction of sp³-hybridized carbons (Fsp3) is 0.286. The van der Waals surface area contributed by atoms with Crippen molar-refractivity contribution in [2.24, 2.45) is 0 Å². The summed E-state index contributed by atoms with van der Waals surface area (Å²) in [5.74, 6) is -1.06. The van der Waals surface area contributed by atoms with Crippen LogP contribution in [0.5, 0.6) is 0 Å². The predicted molar refractivity (Wildman–Crippen MR) is 65.8 cm³/mol. The van der Waals surface area contributed by atoms with Crippen LogP contribution in [-0.4, -0.2) is 11.6 Å². The van der Waals surface area contributed by atoms with Gasteiger partial charge in [-0.1, -0.05) is 12.1 Å². The zero-order valence-corrected chi connectivity index (χ0v) is 10.5. The Hall–Kier alpha value is -2.15. The van der Waals surface area contributed by atoms with Crippen LogP contribution < -0.4 is 0 Å². The maximum Gasteiger partial charge on any atom is 0.349 e. The third-order valence-electron chi connectivity index (χ3n) is 1.92. The first kappa shape index (κ1) is 13.9. The number of rotatable bonds is 2. The molecule has 0 bridgehead atoms. The first-order chi connectivity index (χ1) is 8.31. The Balaban J connectivity index is 2.94. The summed E-state index contributed by atoms with van der Waals surface area (Å²) in [7, 11) is 0. The van der Waals surface area contributed by atoms with Gasteiger partial charge >= 0.3 is 5.97 Å². The lowest BCUT2D eigenvalue weighted by atomic mass is 10.1. The number of benzene rings is 1. The van der Waals surface area contributed by atoms with Crippen molar-refractivity contribution in [3.05, 3.63) is 41.2 Å². The van der Waals surface area contributed by atoms with Gasteiger partial charge in [0, 0.05) is 0 Å². The molecule has 18 heavy (non-hydrogen) atoms. The van der Waals surface area contributed by atoms with Crippen LogP contribution in [0.25, 0.3) is 6.08 Å². The number of hydrogen-bond donors (Lipinski definition) is 0. The maximum absolute atomic E-state index is 12.7. The molecule has 4 heteroatoms. The molecule has 1 aromatic rings. The van der Waals surface area contributed by atoms with Crippen LogP contribution in [0, 0.1) is 17.1 Å². The molecule has 1 aromatic carbocycles. The number of carbonyl (C=O) groups excluding carboxylic acids is 1. The van der Waals surface area contributed by atoms with E-state index < -0.39 is 11.6 Å². The lowest BCUT2D eigenvalue weighted by molar-refractivity contribution is -0.149. The number of nitrogens with zero attached hydrogens (tertiary/aromatic N) is 1. The van der Waals surface area contributed by atoms with Gasteiger partial charge in [0.2, 0.25) is 0 Å². The molecule has 0 fully saturated rings. The van der Waals surface area contributed by atoms with Crippen LogP contribution in [0.3, 0.4) is 0 Å². The zero-order valence-electron chi connectivity index (χ0n) is 10.5. The molecular weight excluding hydrogens is 233 g/mol. The molecule has 94 valence electrons. The van der Waals surface area contributed by atoms with Gasteiger partial charge in [0.05, 0.1) is 0 Å². The van der Waals surface area contributed by atoms with Crippen molar-refractivity contribution in [1.82, 2.24) is 0 Å². The minimum absolute atomic E-state index is 0.114. The molecular formula is C14H14FNO2. The fourth-order valence-corrected chi connectivity index (χ4v) is 1.20. The molecule has 0 aliphatic rings. The maximum atomic E-state index is 12.7. The SMILES string of the molecule is CC(C)(C)OC(=O)/C(C#N)=C/c1ccc(F)cc1. The molecule has 0 amide bonds. The lowest BCUT2D eigenvalue weighted by Crippen LogP contribution is -2.24. The minimum atomic E-state index is -0.686. The molecule has 0 N–H and O–H groups in total. The van der Waals surface area contributed by atoms with Crippen molar-refractivity contribution in [2.75, 3.05) is 0 Å². The van der Waals surface area contributed by atoms with Gasteiger partial charge in [0.25, 0.3) is 0 Å². The Labute approximate surface area is 105 Å². The molecule has 1 rings (SSSR count). The Morgan fingerprint density at radius 3 is 2.33 bits per heavy atom. The fourth-order valence-electron chi connectivity index (χ4n) is 1.20. The van der Waals surface area contributed by atoms with Crippen molar-refractivity contribution >= 4 is 12.0 Å². The summed E-state index contributed by atoms with van der Waals surface area (Å²) in [4.78, 5) is 11.7. The Kier molecular flexibility index (Phi) is 4.22. The monoisotopic (exact) mass is 247 g/mol. The summed E-state index contributed by atoms with van der Waals surface area (Å²) in [5, 5.41) is 8.92. The van der Waals surface area contributed by atoms with Gasteiger partial charge in [0.1, 0.15) is 23.1 Å². The normalized spacial score (nSPS) is 11.8. The van der Waals surface area contributed by atoms with Crippen LogP contribution in [0.15, 0.2) is 29.8 Å². The van der Waals surface area contributed by atoms with E-state index in [0.29, 0.717) is 5.56 Å². The van der Waals surface area contributed by atoms with E-state index in [2.05, 4.69) is 0 Å². The highest BCUT2D eigenvalue weighted by molar-refractivity contribution is 5.98. The molecule has 0 spiro atoms. The number of esters is 1. The van der Waals surface area contributed by atoms with Crippen molar-refractivity contribution in [1.29, 1.82) is 5.26 Å². The number of halogens is 1. The third kappa shape index (κ3) is 4.38. The van der Waals surface area contributed by atoms with Crippen molar-refractivity contribution < 1.29 is 13.9 Å². The molecule has 0 aliphatic heterocycles. The number of ether oxygens (including phenoxy) is 1. The smallest absolute Gasteiger partial charge is 0.349 e. The number of hydrogen-bond acceptors (Lipinski definition) is 3. The molecule has 0 saturated heterocycles. The highest BCUT2D eigenvalue weighted by Gasteiger charge is 2.19. The summed E-state index contributed by atoms with van der Waals surface area (Å²) in [5.41, 5.74) is -0.203. The van der Waals surface area contributed by atoms with E-state index in [0.717, 1.165) is 0 Å². The van der Waals surface area contributed by atoms with E-state index in [1.807, 2.05) is 0 Å². The average Bonchev–Trinajstić information content (AvgIpc) is 2.25. The minimum Gasteiger partial charge on any atom is -0.456 e. The second-order valence-electron chi connectivity index (χ2n) is 4.72. The molecule has 0 aliphatic carbocycles. The van der Waals surface area contributed by atoms with Gasteiger partial charge < -0.3 is 4.74 Å². The Morgan fingerprint density at radius 1 is 1.33 bits per heavy atom. The van der Waals surface area contributed by atoms with E-state index in [-0.39, 0.29) is 11.4 Å². The van der Waals surface area contributed by atoms with Crippen molar-refractivity contribution in [3.63, 3.8) is 0 Å². The Morgan fingerprint density at radius 2 is 1.89 bits per heavy atom. The molecule has 0 aromatic heterocycles. The summed E-state index contributed by atoms with van der Waals surface area (Å²) in [6.07, 6.45) is 1.37. The van der Waals surface area contributed by atoms with E-state index in [9.17, 15) is 9.18 Å². The van der Waals surface area contributed by atoms with Gasteiger partial charge in [-0.2, -0.15) is 5.26 Å². The topological polar surface area (TPSA) is 50.1 Å². The van der Waals surface area contributed by atoms with Crippen molar-refractivity contribution in [3.8, 4) is 6.07 Å². The molecule has 0 atom stereocenters. The molecule has 0 heterocycles. The van der Waals surface area contributed by atoms with E-state index in [1.165, 1.54) is 30.3 Å². The highest BCUT2D eigenvalue weighted by Crippen LogP contribution is 2.13. The van der Waals surface area contributed by atoms with Crippen LogP contribution in [0.4, 0.5) is 4.39 Å². The van der Waals surface area contributed by atoms with Gasteiger partial charge in [-0.3, -0.25) is 0 Å². The summed E-state index contributed by atoms with van der Waals surface area (Å²) in [6.45, 7) is 5.16. The van der Waals surface area contributed by atoms with E-state index >= 15 is 0 Å². The Bertz CT molecular complexity index is 504. The van der Waals surface area contributed by atoms with Gasteiger partial charge in [-0.15, -0.1) is 0 Å². The standard InChI is InChI=1S/C14H14FNO2/c1-14(2,3)18-13(17)11(9-16)8-10-4-6-12(15)7-5-10/h4-8H,1-3H3/b11-8+. The zero-order chi connectivity index (χ0) is 13.8. The van der Waals surface area contributed by atoms with Crippen molar-refractivity contribution in [2.45, 2.75) is 26.4 Å². The van der Waals surface area contributed by atoms with Crippen LogP contribution in [0.1, 0.15) is 26.3 Å². The van der Waals surface area contributed by atoms with Gasteiger partial charge in [0.15, 0.2) is 0 Å². The number of nitriles is 1. The molecule has 3 nitrogen and oxygen atoms in total. The lowest BCUT2D eigenvalue weighted by Gasteiger charge is -2.18. The number of carbonyl (C=O) groups is 1. The van der Waals surface area contributed by atoms with E-state index in [4.69, 9.17) is 10.00 Å². The molecule has 0 radical (unpaired) electrons. The van der Waals surface area contributed by atoms with Crippen LogP contribution in [-0.2, 0) is 9.53 Å². The first-order valence-corrected chi connectivity index (χ1v) is 5.42. The summed E-state index contributed by atoms with van der Waals surface area (Å²) in [6, 6.07) is 7.27. The summed E-state index contributed by atoms with van der Waals surface area (Å²) < 4.78 is 17.8. The van der Waals surface area contributed by atoms with Gasteiger partial charge in [-0.25, -0.2) is 9.18 Å². The third-order valence-corrected chi connectivity index (χ3v) is 1.92. The van der Waals surface area contributed by atoms with Crippen LogP contribution >= 0.6 is 0 Å². The predicted octanol–water partition coefficient (Wildman–Crippen LogP) is 3.07.